The van der Waals surface area contributed by atoms with Gasteiger partial charge in [-0.1, -0.05) is 11.2 Å². The number of aliphatic hydroxyl groups is 4. The number of azide groups is 1. The Morgan fingerprint density at radius 3 is 2.76 bits per heavy atom. The Kier molecular flexibility index (Phi) is 8.65. The smallest absolute Gasteiger partial charge is 0.292 e. The number of hydrogen-bond acceptors (Lipinski definition) is 11. The van der Waals surface area contributed by atoms with E-state index in [0.29, 0.717) is 37.4 Å². The van der Waals surface area contributed by atoms with E-state index in [2.05, 4.69) is 25.3 Å². The predicted octanol–water partition coefficient (Wildman–Crippen LogP) is 0.283. The molecule has 0 bridgehead atoms. The van der Waals surface area contributed by atoms with Crippen molar-refractivity contribution in [1.82, 2.24) is 14.9 Å². The molecule has 1 aliphatic heterocycles. The second-order valence-electron chi connectivity index (χ2n) is 7.83. The van der Waals surface area contributed by atoms with Crippen LogP contribution in [0.1, 0.15) is 11.5 Å². The van der Waals surface area contributed by atoms with Gasteiger partial charge in [0.05, 0.1) is 23.7 Å². The van der Waals surface area contributed by atoms with Gasteiger partial charge in [-0.25, -0.2) is 9.97 Å². The maximum Gasteiger partial charge on any atom is 0.292 e. The molecule has 1 saturated heterocycles. The van der Waals surface area contributed by atoms with Crippen LogP contribution in [0.4, 0.5) is 17.1 Å². The van der Waals surface area contributed by atoms with Crippen LogP contribution in [0.25, 0.3) is 10.4 Å². The Balaban J connectivity index is 1.58. The standard InChI is InChI=1S/C20H26N8O6/c21-26-25-13-1-2-14(15(9-13)28(33)34)22-7-4-18-23-6-3-12(24-18)5-8-27-10-17(30)20(32)19(31)16(27)11-29/h1-3,6,9,16-17,19-20,22,29-32H,4-5,7-8,10-11H2/t16-,17+,19-,20-/m1/s1. The van der Waals surface area contributed by atoms with Crippen LogP contribution in [0.2, 0.25) is 0 Å². The number of β-amino-alcohol motifs (C(OH)–C–C–N with tert-alkyl or cyclic N) is 1. The lowest BCUT2D eigenvalue weighted by atomic mass is 9.94. The fourth-order valence-electron chi connectivity index (χ4n) is 3.84. The summed E-state index contributed by atoms with van der Waals surface area (Å²) >= 11 is 0. The molecule has 0 unspecified atom stereocenters. The number of nitro groups is 1. The van der Waals surface area contributed by atoms with E-state index in [-0.39, 0.29) is 30.2 Å². The van der Waals surface area contributed by atoms with Gasteiger partial charge >= 0.3 is 0 Å². The van der Waals surface area contributed by atoms with E-state index in [1.165, 1.54) is 18.2 Å². The molecule has 0 radical (unpaired) electrons. The highest BCUT2D eigenvalue weighted by atomic mass is 16.6. The van der Waals surface area contributed by atoms with Crippen molar-refractivity contribution in [1.29, 1.82) is 0 Å². The van der Waals surface area contributed by atoms with Crippen LogP contribution in [0.5, 0.6) is 0 Å². The molecular formula is C20H26N8O6. The highest BCUT2D eigenvalue weighted by molar-refractivity contribution is 5.66. The Hall–Kier alpha value is -3.39. The van der Waals surface area contributed by atoms with Crippen molar-refractivity contribution in [2.75, 3.05) is 31.6 Å². The van der Waals surface area contributed by atoms with Crippen LogP contribution in [-0.2, 0) is 12.8 Å². The molecular weight excluding hydrogens is 448 g/mol. The van der Waals surface area contributed by atoms with Crippen molar-refractivity contribution in [2.24, 2.45) is 5.11 Å². The lowest BCUT2D eigenvalue weighted by Crippen LogP contribution is -2.62. The number of aliphatic hydroxyl groups excluding tert-OH is 4. The average Bonchev–Trinajstić information content (AvgIpc) is 2.82. The normalized spacial score (nSPS) is 22.7. The van der Waals surface area contributed by atoms with Gasteiger partial charge in [0.25, 0.3) is 5.69 Å². The fraction of sp³-hybridized carbons (Fsp3) is 0.500. The zero-order chi connectivity index (χ0) is 24.7. The minimum Gasteiger partial charge on any atom is -0.395 e. The van der Waals surface area contributed by atoms with Crippen LogP contribution in [-0.4, -0.2) is 90.8 Å². The van der Waals surface area contributed by atoms with Gasteiger partial charge in [0, 0.05) is 61.0 Å². The Labute approximate surface area is 194 Å². The Morgan fingerprint density at radius 1 is 1.26 bits per heavy atom. The molecule has 3 rings (SSSR count). The van der Waals surface area contributed by atoms with Crippen molar-refractivity contribution < 1.29 is 25.3 Å². The van der Waals surface area contributed by atoms with Gasteiger partial charge in [0.15, 0.2) is 0 Å². The number of piperidine rings is 1. The number of nitro benzene ring substituents is 1. The summed E-state index contributed by atoms with van der Waals surface area (Å²) in [6, 6.07) is 5.17. The lowest BCUT2D eigenvalue weighted by Gasteiger charge is -2.43. The fourth-order valence-corrected chi connectivity index (χ4v) is 3.84. The molecule has 2 aromatic rings. The molecule has 1 aromatic heterocycles. The van der Waals surface area contributed by atoms with Gasteiger partial charge in [-0.05, 0) is 17.7 Å². The third-order valence-corrected chi connectivity index (χ3v) is 5.64. The molecule has 0 aliphatic carbocycles. The summed E-state index contributed by atoms with van der Waals surface area (Å²) in [6.45, 7) is 0.467. The molecule has 14 heteroatoms. The summed E-state index contributed by atoms with van der Waals surface area (Å²) in [5.74, 6) is 0.520. The molecule has 1 fully saturated rings. The quantitative estimate of drug-likeness (QED) is 0.104. The number of benzene rings is 1. The molecule has 0 saturated carbocycles. The number of aromatic nitrogens is 2. The van der Waals surface area contributed by atoms with Gasteiger partial charge in [-0.2, -0.15) is 0 Å². The van der Waals surface area contributed by atoms with Crippen molar-refractivity contribution in [3.05, 3.63) is 62.5 Å². The summed E-state index contributed by atoms with van der Waals surface area (Å²) in [7, 11) is 0. The van der Waals surface area contributed by atoms with E-state index in [9.17, 15) is 30.5 Å². The van der Waals surface area contributed by atoms with Gasteiger partial charge in [0.2, 0.25) is 0 Å². The minimum atomic E-state index is -1.31. The molecule has 0 spiro atoms. The molecule has 1 aromatic carbocycles. The van der Waals surface area contributed by atoms with Crippen LogP contribution >= 0.6 is 0 Å². The molecule has 0 amide bonds. The zero-order valence-electron chi connectivity index (χ0n) is 18.2. The first-order valence-electron chi connectivity index (χ1n) is 10.6. The largest absolute Gasteiger partial charge is 0.395 e. The molecule has 14 nitrogen and oxygen atoms in total. The van der Waals surface area contributed by atoms with E-state index in [0.717, 1.165) is 0 Å². The number of rotatable bonds is 10. The van der Waals surface area contributed by atoms with Gasteiger partial charge in [0.1, 0.15) is 23.7 Å². The third-order valence-electron chi connectivity index (χ3n) is 5.64. The first-order chi connectivity index (χ1) is 16.3. The van der Waals surface area contributed by atoms with E-state index >= 15 is 0 Å². The number of likely N-dealkylation sites (tertiary alicyclic amines) is 1. The first kappa shape index (κ1) is 25.2. The van der Waals surface area contributed by atoms with Crippen LogP contribution in [0, 0.1) is 10.1 Å². The van der Waals surface area contributed by atoms with Crippen LogP contribution in [0.3, 0.4) is 0 Å². The predicted molar refractivity (Wildman–Crippen MR) is 120 cm³/mol. The SMILES string of the molecule is [N-]=[N+]=Nc1ccc(NCCc2nccc(CCN3C[C@H](O)[C@@H](O)[C@H](O)[C@H]3CO)n2)c([N+](=O)[O-])c1. The Bertz CT molecular complexity index is 1050. The molecule has 2 heterocycles. The minimum absolute atomic E-state index is 0.114. The van der Waals surface area contributed by atoms with Gasteiger partial charge in [-0.3, -0.25) is 15.0 Å². The highest BCUT2D eigenvalue weighted by Crippen LogP contribution is 2.29. The van der Waals surface area contributed by atoms with E-state index in [1.54, 1.807) is 17.2 Å². The van der Waals surface area contributed by atoms with Crippen molar-refractivity contribution in [3.63, 3.8) is 0 Å². The molecule has 34 heavy (non-hydrogen) atoms. The lowest BCUT2D eigenvalue weighted by molar-refractivity contribution is -0.383. The maximum atomic E-state index is 11.3. The number of anilines is 1. The van der Waals surface area contributed by atoms with Crippen molar-refractivity contribution in [2.45, 2.75) is 37.2 Å². The van der Waals surface area contributed by atoms with E-state index in [1.807, 2.05) is 0 Å². The summed E-state index contributed by atoms with van der Waals surface area (Å²) in [6.07, 6.45) is -1.24. The van der Waals surface area contributed by atoms with Gasteiger partial charge in [-0.15, -0.1) is 0 Å². The molecule has 1 aliphatic rings. The Morgan fingerprint density at radius 2 is 2.06 bits per heavy atom. The summed E-state index contributed by atoms with van der Waals surface area (Å²) < 4.78 is 0. The number of nitrogens with zero attached hydrogens (tertiary/aromatic N) is 7. The van der Waals surface area contributed by atoms with Crippen LogP contribution in [0.15, 0.2) is 35.6 Å². The number of nitrogens with one attached hydrogen (secondary N) is 1. The molecule has 4 atom stereocenters. The van der Waals surface area contributed by atoms with E-state index < -0.39 is 29.3 Å². The second-order valence-corrected chi connectivity index (χ2v) is 7.83. The zero-order valence-corrected chi connectivity index (χ0v) is 18.2. The molecule has 5 N–H and O–H groups in total. The summed E-state index contributed by atoms with van der Waals surface area (Å²) in [4.78, 5) is 23.8. The monoisotopic (exact) mass is 474 g/mol. The third kappa shape index (κ3) is 6.14. The topological polar surface area (TPSA) is 214 Å². The second kappa shape index (κ2) is 11.7. The van der Waals surface area contributed by atoms with Crippen molar-refractivity contribution in [3.8, 4) is 0 Å². The number of hydrogen-bond donors (Lipinski definition) is 5. The van der Waals surface area contributed by atoms with E-state index in [4.69, 9.17) is 5.53 Å². The maximum absolute atomic E-state index is 11.3. The average molecular weight is 474 g/mol. The highest BCUT2D eigenvalue weighted by Gasteiger charge is 2.40. The van der Waals surface area contributed by atoms with Crippen LogP contribution < -0.4 is 5.32 Å². The summed E-state index contributed by atoms with van der Waals surface area (Å²) in [5, 5.41) is 57.1. The molecule has 182 valence electrons. The van der Waals surface area contributed by atoms with Crippen molar-refractivity contribution >= 4 is 17.1 Å². The summed E-state index contributed by atoms with van der Waals surface area (Å²) in [5.41, 5.74) is 9.41. The first-order valence-corrected chi connectivity index (χ1v) is 10.6. The van der Waals surface area contributed by atoms with Gasteiger partial charge < -0.3 is 25.7 Å².